The Kier molecular flexibility index (Phi) is 6.02. The summed E-state index contributed by atoms with van der Waals surface area (Å²) in [6.07, 6.45) is 6.55. The molecule has 0 aliphatic heterocycles. The highest BCUT2D eigenvalue weighted by Gasteiger charge is 2.16. The lowest BCUT2D eigenvalue weighted by Crippen LogP contribution is -2.42. The van der Waals surface area contributed by atoms with E-state index in [1.54, 1.807) is 23.5 Å². The molecule has 4 nitrogen and oxygen atoms in total. The summed E-state index contributed by atoms with van der Waals surface area (Å²) >= 11 is 1.60. The number of halogens is 1. The summed E-state index contributed by atoms with van der Waals surface area (Å²) in [6.45, 7) is 2.41. The van der Waals surface area contributed by atoms with Gasteiger partial charge in [-0.1, -0.05) is 31.4 Å². The number of nitrogens with zero attached hydrogens (tertiary/aromatic N) is 1. The molecule has 3 rings (SSSR count). The maximum Gasteiger partial charge on any atom is 0.315 e. The fraction of sp³-hybridized carbons (Fsp3) is 0.474. The highest BCUT2D eigenvalue weighted by Crippen LogP contribution is 2.22. The number of carbonyl (C=O) groups excluding carboxylic acids is 1. The van der Waals surface area contributed by atoms with E-state index in [2.05, 4.69) is 15.6 Å². The van der Waals surface area contributed by atoms with Gasteiger partial charge >= 0.3 is 6.03 Å². The normalized spacial score (nSPS) is 15.1. The number of aromatic nitrogens is 1. The van der Waals surface area contributed by atoms with Crippen LogP contribution in [0, 0.1) is 12.7 Å². The highest BCUT2D eigenvalue weighted by atomic mass is 32.1. The summed E-state index contributed by atoms with van der Waals surface area (Å²) < 4.78 is 13.0. The first kappa shape index (κ1) is 17.9. The van der Waals surface area contributed by atoms with Crippen molar-refractivity contribution >= 4 is 17.4 Å². The van der Waals surface area contributed by atoms with Gasteiger partial charge in [0.05, 0.1) is 12.2 Å². The Hall–Kier alpha value is -1.95. The fourth-order valence-electron chi connectivity index (χ4n) is 3.15. The van der Waals surface area contributed by atoms with E-state index in [4.69, 9.17) is 0 Å². The van der Waals surface area contributed by atoms with Crippen LogP contribution in [0.3, 0.4) is 0 Å². The van der Waals surface area contributed by atoms with Crippen LogP contribution >= 0.6 is 11.3 Å². The van der Waals surface area contributed by atoms with Gasteiger partial charge in [-0.15, -0.1) is 11.3 Å². The monoisotopic (exact) mass is 361 g/mol. The van der Waals surface area contributed by atoms with Crippen LogP contribution in [0.2, 0.25) is 0 Å². The average molecular weight is 361 g/mol. The van der Waals surface area contributed by atoms with Gasteiger partial charge in [0.15, 0.2) is 0 Å². The molecule has 1 aromatic heterocycles. The second kappa shape index (κ2) is 8.43. The molecule has 1 aliphatic carbocycles. The van der Waals surface area contributed by atoms with Crippen LogP contribution in [0.15, 0.2) is 24.3 Å². The van der Waals surface area contributed by atoms with Crippen molar-refractivity contribution < 1.29 is 9.18 Å². The van der Waals surface area contributed by atoms with Gasteiger partial charge < -0.3 is 10.6 Å². The van der Waals surface area contributed by atoms with Crippen LogP contribution in [0.25, 0.3) is 0 Å². The van der Waals surface area contributed by atoms with Gasteiger partial charge in [0.2, 0.25) is 0 Å². The number of amides is 2. The van der Waals surface area contributed by atoms with Crippen LogP contribution in [0.5, 0.6) is 0 Å². The van der Waals surface area contributed by atoms with Gasteiger partial charge in [0.25, 0.3) is 0 Å². The molecule has 2 aromatic rings. The topological polar surface area (TPSA) is 54.0 Å². The molecule has 1 aliphatic rings. The molecule has 0 bridgehead atoms. The van der Waals surface area contributed by atoms with Crippen molar-refractivity contribution in [3.63, 3.8) is 0 Å². The molecular weight excluding hydrogens is 337 g/mol. The van der Waals surface area contributed by atoms with E-state index >= 15 is 0 Å². The summed E-state index contributed by atoms with van der Waals surface area (Å²) in [5.74, 6) is -0.223. The molecule has 2 amide bonds. The fourth-order valence-corrected chi connectivity index (χ4v) is 4.20. The van der Waals surface area contributed by atoms with Crippen molar-refractivity contribution in [2.24, 2.45) is 0 Å². The predicted octanol–water partition coefficient (Wildman–Crippen LogP) is 4.31. The Morgan fingerprint density at radius 3 is 2.68 bits per heavy atom. The van der Waals surface area contributed by atoms with E-state index < -0.39 is 0 Å². The van der Waals surface area contributed by atoms with Crippen molar-refractivity contribution in [3.05, 3.63) is 51.2 Å². The molecule has 0 spiro atoms. The predicted molar refractivity (Wildman–Crippen MR) is 98.3 cm³/mol. The summed E-state index contributed by atoms with van der Waals surface area (Å²) in [6, 6.07) is 6.74. The minimum Gasteiger partial charge on any atom is -0.335 e. The lowest BCUT2D eigenvalue weighted by atomic mass is 9.96. The number of thiazole rings is 1. The smallest absolute Gasteiger partial charge is 0.315 e. The van der Waals surface area contributed by atoms with Crippen LogP contribution < -0.4 is 10.6 Å². The van der Waals surface area contributed by atoms with E-state index in [1.165, 1.54) is 31.4 Å². The maximum atomic E-state index is 13.0. The van der Waals surface area contributed by atoms with E-state index in [1.807, 2.05) is 6.92 Å². The summed E-state index contributed by atoms with van der Waals surface area (Å²) in [4.78, 5) is 17.7. The Morgan fingerprint density at radius 2 is 1.96 bits per heavy atom. The Labute approximate surface area is 151 Å². The SMILES string of the molecule is Cc1nc(CNC(=O)NC2CCCCC2)sc1Cc1ccc(F)cc1. The zero-order chi connectivity index (χ0) is 17.6. The molecular formula is C19H24FN3OS. The largest absolute Gasteiger partial charge is 0.335 e. The number of nitrogens with one attached hydrogen (secondary N) is 2. The number of aryl methyl sites for hydroxylation is 1. The standard InChI is InChI=1S/C19H24FN3OS/c1-13-17(11-14-7-9-15(20)10-8-14)25-18(22-13)12-21-19(24)23-16-5-3-2-4-6-16/h7-10,16H,2-6,11-12H2,1H3,(H2,21,23,24). The summed E-state index contributed by atoms with van der Waals surface area (Å²) in [5.41, 5.74) is 2.03. The quantitative estimate of drug-likeness (QED) is 0.834. The first-order valence-corrected chi connectivity index (χ1v) is 9.66. The van der Waals surface area contributed by atoms with Gasteiger partial charge in [0.1, 0.15) is 10.8 Å². The first-order chi connectivity index (χ1) is 12.1. The second-order valence-electron chi connectivity index (χ2n) is 6.58. The lowest BCUT2D eigenvalue weighted by Gasteiger charge is -2.22. The molecule has 0 unspecified atom stereocenters. The maximum absolute atomic E-state index is 13.0. The van der Waals surface area contributed by atoms with Crippen LogP contribution in [0.1, 0.15) is 53.2 Å². The Morgan fingerprint density at radius 1 is 1.24 bits per heavy atom. The molecule has 0 saturated heterocycles. The molecule has 1 saturated carbocycles. The molecule has 0 atom stereocenters. The second-order valence-corrected chi connectivity index (χ2v) is 7.75. The van der Waals surface area contributed by atoms with Crippen molar-refractivity contribution in [3.8, 4) is 0 Å². The zero-order valence-corrected chi connectivity index (χ0v) is 15.3. The van der Waals surface area contributed by atoms with E-state index in [0.717, 1.165) is 40.4 Å². The van der Waals surface area contributed by atoms with Crippen LogP contribution in [-0.2, 0) is 13.0 Å². The van der Waals surface area contributed by atoms with E-state index in [9.17, 15) is 9.18 Å². The van der Waals surface area contributed by atoms with E-state index in [-0.39, 0.29) is 11.8 Å². The van der Waals surface area contributed by atoms with Gasteiger partial charge in [-0.25, -0.2) is 14.2 Å². The van der Waals surface area contributed by atoms with Gasteiger partial charge in [0, 0.05) is 17.3 Å². The molecule has 25 heavy (non-hydrogen) atoms. The summed E-state index contributed by atoms with van der Waals surface area (Å²) in [5, 5.41) is 6.85. The molecule has 6 heteroatoms. The van der Waals surface area contributed by atoms with Crippen molar-refractivity contribution in [2.75, 3.05) is 0 Å². The number of urea groups is 1. The molecule has 134 valence electrons. The van der Waals surface area contributed by atoms with Crippen molar-refractivity contribution in [1.82, 2.24) is 15.6 Å². The Balaban J connectivity index is 1.51. The van der Waals surface area contributed by atoms with Crippen molar-refractivity contribution in [2.45, 2.75) is 58.0 Å². The number of rotatable bonds is 5. The minimum atomic E-state index is -0.223. The molecule has 1 aromatic carbocycles. The third kappa shape index (κ3) is 5.26. The van der Waals surface area contributed by atoms with Gasteiger partial charge in [-0.2, -0.15) is 0 Å². The highest BCUT2D eigenvalue weighted by molar-refractivity contribution is 7.11. The number of hydrogen-bond donors (Lipinski definition) is 2. The Bertz CT molecular complexity index is 708. The number of carbonyl (C=O) groups is 1. The molecule has 2 N–H and O–H groups in total. The molecule has 0 radical (unpaired) electrons. The lowest BCUT2D eigenvalue weighted by molar-refractivity contribution is 0.232. The third-order valence-electron chi connectivity index (χ3n) is 4.56. The third-order valence-corrected chi connectivity index (χ3v) is 5.71. The first-order valence-electron chi connectivity index (χ1n) is 8.84. The minimum absolute atomic E-state index is 0.111. The average Bonchev–Trinajstić information content (AvgIpc) is 2.96. The zero-order valence-electron chi connectivity index (χ0n) is 14.5. The van der Waals surface area contributed by atoms with Gasteiger partial charge in [-0.3, -0.25) is 0 Å². The van der Waals surface area contributed by atoms with Crippen LogP contribution in [0.4, 0.5) is 9.18 Å². The summed E-state index contributed by atoms with van der Waals surface area (Å²) in [7, 11) is 0. The molecule has 1 heterocycles. The van der Waals surface area contributed by atoms with Crippen LogP contribution in [-0.4, -0.2) is 17.1 Å². The molecule has 1 fully saturated rings. The van der Waals surface area contributed by atoms with E-state index in [0.29, 0.717) is 12.6 Å². The van der Waals surface area contributed by atoms with Crippen molar-refractivity contribution in [1.29, 1.82) is 0 Å². The number of benzene rings is 1. The van der Waals surface area contributed by atoms with Gasteiger partial charge in [-0.05, 0) is 37.5 Å². The number of hydrogen-bond acceptors (Lipinski definition) is 3.